The van der Waals surface area contributed by atoms with Crippen molar-refractivity contribution in [2.75, 3.05) is 0 Å². The van der Waals surface area contributed by atoms with Gasteiger partial charge in [0.25, 0.3) is 0 Å². The predicted octanol–water partition coefficient (Wildman–Crippen LogP) is 3.92. The highest BCUT2D eigenvalue weighted by molar-refractivity contribution is 6.38. The zero-order chi connectivity index (χ0) is 15.7. The largest absolute Gasteiger partial charge is 0.344 e. The first-order valence-corrected chi connectivity index (χ1v) is 7.26. The lowest BCUT2D eigenvalue weighted by molar-refractivity contribution is 0.100. The van der Waals surface area contributed by atoms with E-state index in [1.165, 1.54) is 11.6 Å². The normalized spacial score (nSPS) is 13.6. The Balaban J connectivity index is 2.04. The van der Waals surface area contributed by atoms with Gasteiger partial charge in [-0.2, -0.15) is 0 Å². The number of carbonyl (C=O) groups excluding carboxylic acids is 2. The fourth-order valence-electron chi connectivity index (χ4n) is 2.60. The smallest absolute Gasteiger partial charge is 0.196 e. The Bertz CT molecular complexity index is 817. The van der Waals surface area contributed by atoms with Gasteiger partial charge in [-0.05, 0) is 32.1 Å². The van der Waals surface area contributed by atoms with Crippen LogP contribution in [0.5, 0.6) is 0 Å². The summed E-state index contributed by atoms with van der Waals surface area (Å²) in [5.41, 5.74) is 3.44. The number of fused-ring (bicyclic) bond motifs is 1. The molecule has 0 saturated heterocycles. The van der Waals surface area contributed by atoms with Crippen molar-refractivity contribution in [1.29, 1.82) is 0 Å². The van der Waals surface area contributed by atoms with Crippen LogP contribution in [0, 0.1) is 0 Å². The minimum absolute atomic E-state index is 0.0904. The lowest BCUT2D eigenvalue weighted by atomic mass is 9.88. The van der Waals surface area contributed by atoms with Crippen molar-refractivity contribution in [3.8, 4) is 0 Å². The van der Waals surface area contributed by atoms with Gasteiger partial charge in [-0.3, -0.25) is 9.59 Å². The molecule has 3 nitrogen and oxygen atoms in total. The van der Waals surface area contributed by atoms with Crippen LogP contribution in [0.15, 0.2) is 60.3 Å². The van der Waals surface area contributed by atoms with Gasteiger partial charge in [0.15, 0.2) is 11.6 Å². The van der Waals surface area contributed by atoms with Crippen molar-refractivity contribution >= 4 is 17.1 Å². The van der Waals surface area contributed by atoms with Gasteiger partial charge in [0.1, 0.15) is 0 Å². The van der Waals surface area contributed by atoms with Gasteiger partial charge >= 0.3 is 0 Å². The Morgan fingerprint density at radius 3 is 2.50 bits per heavy atom. The van der Waals surface area contributed by atoms with Crippen molar-refractivity contribution in [2.24, 2.45) is 0 Å². The van der Waals surface area contributed by atoms with Gasteiger partial charge in [0, 0.05) is 23.9 Å². The van der Waals surface area contributed by atoms with E-state index in [0.29, 0.717) is 23.2 Å². The molecule has 110 valence electrons. The number of rotatable bonds is 3. The summed E-state index contributed by atoms with van der Waals surface area (Å²) in [7, 11) is 0. The van der Waals surface area contributed by atoms with Crippen LogP contribution in [0.3, 0.4) is 0 Å². The highest BCUT2D eigenvalue weighted by Crippen LogP contribution is 2.28. The molecule has 1 aromatic carbocycles. The quantitative estimate of drug-likeness (QED) is 0.804. The Morgan fingerprint density at radius 1 is 1.05 bits per heavy atom. The number of hydrogen-bond donors (Lipinski definition) is 0. The van der Waals surface area contributed by atoms with E-state index in [-0.39, 0.29) is 11.6 Å². The van der Waals surface area contributed by atoms with Crippen LogP contribution in [0.1, 0.15) is 40.3 Å². The van der Waals surface area contributed by atoms with E-state index >= 15 is 0 Å². The third-order valence-electron chi connectivity index (χ3n) is 3.76. The summed E-state index contributed by atoms with van der Waals surface area (Å²) in [5.74, 6) is -0.201. The van der Waals surface area contributed by atoms with Gasteiger partial charge in [0.05, 0.1) is 11.3 Å². The maximum Gasteiger partial charge on any atom is 0.196 e. The molecule has 0 bridgehead atoms. The molecule has 1 aromatic heterocycles. The van der Waals surface area contributed by atoms with Crippen LogP contribution in [-0.2, 0) is 6.54 Å². The summed E-state index contributed by atoms with van der Waals surface area (Å²) >= 11 is 0. The summed E-state index contributed by atoms with van der Waals surface area (Å²) in [6, 6.07) is 10.8. The van der Waals surface area contributed by atoms with Crippen molar-refractivity contribution < 1.29 is 9.59 Å². The lowest BCUT2D eigenvalue weighted by Crippen LogP contribution is -2.17. The third kappa shape index (κ3) is 2.46. The number of hydrogen-bond acceptors (Lipinski definition) is 2. The summed E-state index contributed by atoms with van der Waals surface area (Å²) in [6.45, 7) is 4.76. The van der Waals surface area contributed by atoms with Crippen molar-refractivity contribution in [3.05, 3.63) is 77.1 Å². The molecule has 3 rings (SSSR count). The molecule has 0 amide bonds. The van der Waals surface area contributed by atoms with Crippen LogP contribution < -0.4 is 0 Å². The minimum Gasteiger partial charge on any atom is -0.344 e. The molecule has 22 heavy (non-hydrogen) atoms. The molecule has 0 fully saturated rings. The zero-order valence-corrected chi connectivity index (χ0v) is 12.7. The van der Waals surface area contributed by atoms with Gasteiger partial charge in [-0.15, -0.1) is 0 Å². The molecular formula is C19H17NO2. The minimum atomic E-state index is -0.111. The van der Waals surface area contributed by atoms with E-state index in [1.54, 1.807) is 24.3 Å². The second-order valence-electron chi connectivity index (χ2n) is 5.62. The lowest BCUT2D eigenvalue weighted by Gasteiger charge is -2.16. The second-order valence-corrected chi connectivity index (χ2v) is 5.62. The van der Waals surface area contributed by atoms with E-state index in [0.717, 1.165) is 5.69 Å². The number of aromatic nitrogens is 1. The first-order valence-electron chi connectivity index (χ1n) is 7.26. The first-order chi connectivity index (χ1) is 10.6. The van der Waals surface area contributed by atoms with Gasteiger partial charge < -0.3 is 4.57 Å². The molecule has 2 aromatic rings. The Labute approximate surface area is 129 Å². The average molecular weight is 291 g/mol. The molecule has 0 spiro atoms. The number of benzene rings is 1. The summed E-state index contributed by atoms with van der Waals surface area (Å²) in [4.78, 5) is 25.0. The molecule has 0 aliphatic heterocycles. The summed E-state index contributed by atoms with van der Waals surface area (Å²) in [6.07, 6.45) is 5.47. The van der Waals surface area contributed by atoms with E-state index in [9.17, 15) is 9.59 Å². The molecule has 0 radical (unpaired) electrons. The molecule has 0 saturated carbocycles. The second kappa shape index (κ2) is 5.60. The molecule has 0 atom stereocenters. The maximum atomic E-state index is 12.7. The van der Waals surface area contributed by atoms with Crippen LogP contribution in [-0.4, -0.2) is 16.1 Å². The topological polar surface area (TPSA) is 39.1 Å². The third-order valence-corrected chi connectivity index (χ3v) is 3.76. The predicted molar refractivity (Wildman–Crippen MR) is 86.9 cm³/mol. The molecule has 1 aliphatic carbocycles. The monoisotopic (exact) mass is 291 g/mol. The number of Topliss-reactive ketones (excluding diaryl/α,β-unsaturated/α-hetero) is 1. The first kappa shape index (κ1) is 14.3. The standard InChI is InChI=1S/C19H17NO2/c1-13(2)9-11-20-10-5-8-17(20)16-12-18(21)14-6-3-4-7-15(14)19(16)22/h3-10,12H,11H2,1-2H3. The van der Waals surface area contributed by atoms with E-state index in [2.05, 4.69) is 6.08 Å². The molecule has 0 unspecified atom stereocenters. The highest BCUT2D eigenvalue weighted by Gasteiger charge is 2.27. The molecular weight excluding hydrogens is 274 g/mol. The number of nitrogens with zero attached hydrogens (tertiary/aromatic N) is 1. The fourth-order valence-corrected chi connectivity index (χ4v) is 2.60. The molecule has 1 heterocycles. The van der Waals surface area contributed by atoms with Crippen molar-refractivity contribution in [3.63, 3.8) is 0 Å². The van der Waals surface area contributed by atoms with Crippen LogP contribution in [0.2, 0.25) is 0 Å². The van der Waals surface area contributed by atoms with Crippen LogP contribution in [0.25, 0.3) is 5.57 Å². The molecule has 3 heteroatoms. The Morgan fingerprint density at radius 2 is 1.77 bits per heavy atom. The number of ketones is 2. The van der Waals surface area contributed by atoms with Gasteiger partial charge in [-0.1, -0.05) is 35.9 Å². The maximum absolute atomic E-state index is 12.7. The van der Waals surface area contributed by atoms with Gasteiger partial charge in [0.2, 0.25) is 0 Å². The van der Waals surface area contributed by atoms with Crippen LogP contribution >= 0.6 is 0 Å². The summed E-state index contributed by atoms with van der Waals surface area (Å²) in [5, 5.41) is 0. The van der Waals surface area contributed by atoms with Gasteiger partial charge in [-0.25, -0.2) is 0 Å². The molecule has 0 N–H and O–H groups in total. The Hall–Kier alpha value is -2.68. The zero-order valence-electron chi connectivity index (χ0n) is 12.7. The molecule has 1 aliphatic rings. The fraction of sp³-hybridized carbons (Fsp3) is 0.158. The number of carbonyl (C=O) groups is 2. The SMILES string of the molecule is CC(C)=CCn1cccc1C1=CC(=O)c2ccccc2C1=O. The van der Waals surface area contributed by atoms with Crippen LogP contribution in [0.4, 0.5) is 0 Å². The van der Waals surface area contributed by atoms with E-state index < -0.39 is 0 Å². The van der Waals surface area contributed by atoms with E-state index in [4.69, 9.17) is 0 Å². The Kier molecular flexibility index (Phi) is 3.63. The highest BCUT2D eigenvalue weighted by atomic mass is 16.1. The summed E-state index contributed by atoms with van der Waals surface area (Å²) < 4.78 is 1.98. The van der Waals surface area contributed by atoms with E-state index in [1.807, 2.05) is 36.7 Å². The number of allylic oxidation sites excluding steroid dienone is 4. The average Bonchev–Trinajstić information content (AvgIpc) is 2.97. The van der Waals surface area contributed by atoms with Crippen molar-refractivity contribution in [1.82, 2.24) is 4.57 Å². The van der Waals surface area contributed by atoms with Crippen molar-refractivity contribution in [2.45, 2.75) is 20.4 Å².